The molecule has 0 unspecified atom stereocenters. The Balaban J connectivity index is 2.25. The highest BCUT2D eigenvalue weighted by molar-refractivity contribution is 9.10. The molecule has 0 amide bonds. The number of nitrogens with zero attached hydrogens (tertiary/aromatic N) is 2. The fraction of sp³-hybridized carbons (Fsp3) is 0.200. The molecule has 0 aliphatic carbocycles. The van der Waals surface area contributed by atoms with E-state index in [-0.39, 0.29) is 0 Å². The molecule has 0 radical (unpaired) electrons. The van der Waals surface area contributed by atoms with Crippen molar-refractivity contribution in [2.45, 2.75) is 13.5 Å². The van der Waals surface area contributed by atoms with Gasteiger partial charge in [-0.2, -0.15) is 0 Å². The number of methoxy groups -OCH3 is 1. The summed E-state index contributed by atoms with van der Waals surface area (Å²) in [6, 6.07) is 7.27. The zero-order chi connectivity index (χ0) is 15.2. The van der Waals surface area contributed by atoms with Gasteiger partial charge in [-0.1, -0.05) is 5.16 Å². The van der Waals surface area contributed by atoms with Crippen molar-refractivity contribution in [2.75, 3.05) is 7.11 Å². The van der Waals surface area contributed by atoms with Crippen LogP contribution in [0, 0.1) is 0 Å². The summed E-state index contributed by atoms with van der Waals surface area (Å²) < 4.78 is 11.9. The van der Waals surface area contributed by atoms with Crippen LogP contribution in [0.25, 0.3) is 0 Å². The minimum absolute atomic E-state index is 0.352. The van der Waals surface area contributed by atoms with Crippen LogP contribution in [0.15, 0.2) is 46.3 Å². The second-order valence-corrected chi connectivity index (χ2v) is 5.26. The molecule has 0 saturated heterocycles. The molecule has 2 rings (SSSR count). The number of rotatable bonds is 5. The summed E-state index contributed by atoms with van der Waals surface area (Å²) in [6.45, 7) is 2.06. The fourth-order valence-electron chi connectivity index (χ4n) is 1.80. The average Bonchev–Trinajstić information content (AvgIpc) is 2.52. The standard InChI is InChI=1S/C15H15BrN2O3/c1-10(18-19)14-4-3-13(20-2)6-15(14)21-9-11-5-12(16)8-17-7-11/h3-8,19H,9H2,1-2H3/b18-10+. The largest absolute Gasteiger partial charge is 0.497 e. The third-order valence-corrected chi connectivity index (χ3v) is 3.32. The van der Waals surface area contributed by atoms with E-state index in [1.165, 1.54) is 0 Å². The third kappa shape index (κ3) is 3.95. The van der Waals surface area contributed by atoms with Gasteiger partial charge in [-0.15, -0.1) is 0 Å². The Bertz CT molecular complexity index is 659. The first kappa shape index (κ1) is 15.3. The number of benzene rings is 1. The van der Waals surface area contributed by atoms with Gasteiger partial charge in [0.1, 0.15) is 18.1 Å². The van der Waals surface area contributed by atoms with E-state index < -0.39 is 0 Å². The molecule has 0 bridgehead atoms. The topological polar surface area (TPSA) is 63.9 Å². The van der Waals surface area contributed by atoms with Gasteiger partial charge in [0.2, 0.25) is 0 Å². The van der Waals surface area contributed by atoms with Crippen molar-refractivity contribution in [2.24, 2.45) is 5.16 Å². The summed E-state index contributed by atoms with van der Waals surface area (Å²) in [5.41, 5.74) is 2.11. The average molecular weight is 351 g/mol. The van der Waals surface area contributed by atoms with Crippen LogP contribution in [0.3, 0.4) is 0 Å². The second kappa shape index (κ2) is 7.08. The first-order valence-corrected chi connectivity index (χ1v) is 7.02. The van der Waals surface area contributed by atoms with Crippen molar-refractivity contribution in [3.63, 3.8) is 0 Å². The summed E-state index contributed by atoms with van der Waals surface area (Å²) in [6.07, 6.45) is 3.45. The van der Waals surface area contributed by atoms with Crippen LogP contribution < -0.4 is 9.47 Å². The molecule has 0 aliphatic rings. The molecule has 1 aromatic carbocycles. The lowest BCUT2D eigenvalue weighted by molar-refractivity contribution is 0.300. The van der Waals surface area contributed by atoms with E-state index in [9.17, 15) is 0 Å². The Morgan fingerprint density at radius 2 is 2.14 bits per heavy atom. The number of hydrogen-bond acceptors (Lipinski definition) is 5. The van der Waals surface area contributed by atoms with Crippen LogP contribution in [-0.2, 0) is 6.61 Å². The maximum Gasteiger partial charge on any atom is 0.132 e. The van der Waals surface area contributed by atoms with Gasteiger partial charge in [-0.05, 0) is 41.1 Å². The molecule has 0 fully saturated rings. The van der Waals surface area contributed by atoms with Gasteiger partial charge in [-0.25, -0.2) is 0 Å². The Morgan fingerprint density at radius 3 is 2.81 bits per heavy atom. The van der Waals surface area contributed by atoms with Gasteiger partial charge in [0, 0.05) is 34.1 Å². The Hall–Kier alpha value is -2.08. The van der Waals surface area contributed by atoms with Crippen LogP contribution in [-0.4, -0.2) is 23.0 Å². The van der Waals surface area contributed by atoms with Crippen LogP contribution >= 0.6 is 15.9 Å². The van der Waals surface area contributed by atoms with Gasteiger partial charge in [-0.3, -0.25) is 4.98 Å². The highest BCUT2D eigenvalue weighted by Gasteiger charge is 2.10. The Kier molecular flexibility index (Phi) is 5.16. The second-order valence-electron chi connectivity index (χ2n) is 4.35. The minimum atomic E-state index is 0.352. The number of halogens is 1. The van der Waals surface area contributed by atoms with Gasteiger partial charge in [0.15, 0.2) is 0 Å². The third-order valence-electron chi connectivity index (χ3n) is 2.88. The molecule has 110 valence electrons. The Morgan fingerprint density at radius 1 is 1.33 bits per heavy atom. The smallest absolute Gasteiger partial charge is 0.132 e. The van der Waals surface area contributed by atoms with E-state index in [1.807, 2.05) is 6.07 Å². The van der Waals surface area contributed by atoms with Crippen LogP contribution in [0.4, 0.5) is 0 Å². The van der Waals surface area contributed by atoms with Crippen molar-refractivity contribution in [1.29, 1.82) is 0 Å². The van der Waals surface area contributed by atoms with E-state index in [0.717, 1.165) is 10.0 Å². The molecular formula is C15H15BrN2O3. The number of oxime groups is 1. The molecule has 6 heteroatoms. The lowest BCUT2D eigenvalue weighted by Crippen LogP contribution is -2.03. The first-order chi connectivity index (χ1) is 10.1. The summed E-state index contributed by atoms with van der Waals surface area (Å²) in [5.74, 6) is 1.26. The van der Waals surface area contributed by atoms with E-state index in [2.05, 4.69) is 26.1 Å². The summed E-state index contributed by atoms with van der Waals surface area (Å²) in [4.78, 5) is 4.09. The van der Waals surface area contributed by atoms with Crippen molar-refractivity contribution in [3.05, 3.63) is 52.3 Å². The lowest BCUT2D eigenvalue weighted by atomic mass is 10.1. The molecule has 1 N–H and O–H groups in total. The predicted octanol–water partition coefficient (Wildman–Crippen LogP) is 3.63. The van der Waals surface area contributed by atoms with Gasteiger partial charge < -0.3 is 14.7 Å². The van der Waals surface area contributed by atoms with Crippen molar-refractivity contribution in [3.8, 4) is 11.5 Å². The minimum Gasteiger partial charge on any atom is -0.497 e. The summed E-state index contributed by atoms with van der Waals surface area (Å²) in [7, 11) is 1.59. The molecule has 0 aliphatic heterocycles. The van der Waals surface area contributed by atoms with Gasteiger partial charge >= 0.3 is 0 Å². The summed E-state index contributed by atoms with van der Waals surface area (Å²) in [5, 5.41) is 12.2. The molecule has 0 spiro atoms. The molecule has 0 saturated carbocycles. The van der Waals surface area contributed by atoms with E-state index in [1.54, 1.807) is 44.6 Å². The van der Waals surface area contributed by atoms with Crippen LogP contribution in [0.2, 0.25) is 0 Å². The zero-order valence-electron chi connectivity index (χ0n) is 11.7. The first-order valence-electron chi connectivity index (χ1n) is 6.23. The molecule has 1 heterocycles. The molecule has 21 heavy (non-hydrogen) atoms. The molecule has 0 atom stereocenters. The lowest BCUT2D eigenvalue weighted by Gasteiger charge is -2.12. The molecule has 2 aromatic rings. The highest BCUT2D eigenvalue weighted by Crippen LogP contribution is 2.26. The Labute approximate surface area is 131 Å². The highest BCUT2D eigenvalue weighted by atomic mass is 79.9. The molecular weight excluding hydrogens is 336 g/mol. The van der Waals surface area contributed by atoms with Crippen LogP contribution in [0.5, 0.6) is 11.5 Å². The van der Waals surface area contributed by atoms with Crippen molar-refractivity contribution < 1.29 is 14.7 Å². The van der Waals surface area contributed by atoms with Gasteiger partial charge in [0.25, 0.3) is 0 Å². The molecule has 1 aromatic heterocycles. The SMILES string of the molecule is COc1ccc(/C(C)=N/O)c(OCc2cncc(Br)c2)c1. The normalized spacial score (nSPS) is 11.3. The van der Waals surface area contributed by atoms with Crippen molar-refractivity contribution in [1.82, 2.24) is 4.98 Å². The number of aromatic nitrogens is 1. The number of pyridine rings is 1. The fourth-order valence-corrected chi connectivity index (χ4v) is 2.21. The quantitative estimate of drug-likeness (QED) is 0.508. The van der Waals surface area contributed by atoms with E-state index in [4.69, 9.17) is 14.7 Å². The number of hydrogen-bond donors (Lipinski definition) is 1. The summed E-state index contributed by atoms with van der Waals surface area (Å²) >= 11 is 3.37. The van der Waals surface area contributed by atoms with E-state index >= 15 is 0 Å². The predicted molar refractivity (Wildman–Crippen MR) is 83.3 cm³/mol. The molecule has 5 nitrogen and oxygen atoms in total. The zero-order valence-corrected chi connectivity index (χ0v) is 13.3. The van der Waals surface area contributed by atoms with E-state index in [0.29, 0.717) is 29.4 Å². The maximum absolute atomic E-state index is 8.95. The maximum atomic E-state index is 8.95. The van der Waals surface area contributed by atoms with Gasteiger partial charge in [0.05, 0.1) is 12.8 Å². The van der Waals surface area contributed by atoms with Crippen molar-refractivity contribution >= 4 is 21.6 Å². The monoisotopic (exact) mass is 350 g/mol. The van der Waals surface area contributed by atoms with Crippen LogP contribution in [0.1, 0.15) is 18.1 Å². The number of ether oxygens (including phenoxy) is 2.